The molecule has 1 saturated heterocycles. The first-order valence-electron chi connectivity index (χ1n) is 7.62. The van der Waals surface area contributed by atoms with Crippen LogP contribution in [-0.4, -0.2) is 35.0 Å². The highest BCUT2D eigenvalue weighted by Gasteiger charge is 2.25. The number of carbonyl (C=O) groups excluding carboxylic acids is 1. The van der Waals surface area contributed by atoms with E-state index in [1.165, 1.54) is 11.9 Å². The number of anilines is 1. The van der Waals surface area contributed by atoms with Crippen LogP contribution < -0.4 is 10.2 Å². The van der Waals surface area contributed by atoms with Gasteiger partial charge >= 0.3 is 0 Å². The number of aromatic nitrogens is 2. The molecule has 1 aromatic carbocycles. The number of amides is 1. The van der Waals surface area contributed by atoms with E-state index in [-0.39, 0.29) is 5.91 Å². The van der Waals surface area contributed by atoms with Crippen LogP contribution in [0.3, 0.4) is 0 Å². The van der Waals surface area contributed by atoms with Gasteiger partial charge in [-0.15, -0.1) is 0 Å². The van der Waals surface area contributed by atoms with Crippen LogP contribution in [0.4, 0.5) is 5.69 Å². The van der Waals surface area contributed by atoms with Crippen molar-refractivity contribution in [3.63, 3.8) is 0 Å². The molecule has 2 aromatic rings. The topological polar surface area (TPSA) is 58.1 Å². The van der Waals surface area contributed by atoms with Crippen LogP contribution >= 0.6 is 0 Å². The van der Waals surface area contributed by atoms with Gasteiger partial charge in [0, 0.05) is 31.0 Å². The van der Waals surface area contributed by atoms with Crippen LogP contribution in [0.5, 0.6) is 0 Å². The second kappa shape index (κ2) is 6.56. The maximum atomic E-state index is 12.1. The number of rotatable bonds is 4. The average molecular weight is 296 g/mol. The Morgan fingerprint density at radius 1 is 1.27 bits per heavy atom. The van der Waals surface area contributed by atoms with Gasteiger partial charge in [0.05, 0.1) is 11.9 Å². The molecular formula is C17H20N4O. The van der Waals surface area contributed by atoms with E-state index in [4.69, 9.17) is 0 Å². The monoisotopic (exact) mass is 296 g/mol. The highest BCUT2D eigenvalue weighted by atomic mass is 16.1. The number of benzene rings is 1. The van der Waals surface area contributed by atoms with Crippen molar-refractivity contribution >= 4 is 11.6 Å². The number of nitrogens with one attached hydrogen (secondary N) is 1. The molecule has 0 spiro atoms. The highest BCUT2D eigenvalue weighted by molar-refractivity contribution is 5.91. The Bertz CT molecular complexity index is 627. The van der Waals surface area contributed by atoms with Gasteiger partial charge < -0.3 is 10.2 Å². The smallest absolute Gasteiger partial charge is 0.271 e. The second-order valence-electron chi connectivity index (χ2n) is 5.58. The van der Waals surface area contributed by atoms with Gasteiger partial charge in [-0.1, -0.05) is 18.2 Å². The normalized spacial score (nSPS) is 17.5. The maximum absolute atomic E-state index is 12.1. The van der Waals surface area contributed by atoms with Gasteiger partial charge in [0.2, 0.25) is 0 Å². The summed E-state index contributed by atoms with van der Waals surface area (Å²) in [6, 6.07) is 10.7. The van der Waals surface area contributed by atoms with E-state index in [0.29, 0.717) is 18.3 Å². The van der Waals surface area contributed by atoms with Gasteiger partial charge in [0.25, 0.3) is 5.91 Å². The van der Waals surface area contributed by atoms with Crippen LogP contribution in [0.25, 0.3) is 0 Å². The molecule has 114 valence electrons. The van der Waals surface area contributed by atoms with E-state index in [2.05, 4.69) is 32.3 Å². The minimum absolute atomic E-state index is 0.160. The molecule has 1 aliphatic heterocycles. The summed E-state index contributed by atoms with van der Waals surface area (Å²) in [5.41, 5.74) is 2.40. The highest BCUT2D eigenvalue weighted by Crippen LogP contribution is 2.24. The third kappa shape index (κ3) is 3.24. The van der Waals surface area contributed by atoms with Crippen molar-refractivity contribution in [3.8, 4) is 0 Å². The Morgan fingerprint density at radius 3 is 2.82 bits per heavy atom. The molecule has 1 fully saturated rings. The van der Waals surface area contributed by atoms with Gasteiger partial charge in [-0.3, -0.25) is 9.78 Å². The van der Waals surface area contributed by atoms with E-state index in [1.54, 1.807) is 6.20 Å². The average Bonchev–Trinajstić information content (AvgIpc) is 3.02. The Labute approximate surface area is 130 Å². The van der Waals surface area contributed by atoms with E-state index in [0.717, 1.165) is 25.1 Å². The van der Waals surface area contributed by atoms with E-state index >= 15 is 0 Å². The van der Waals surface area contributed by atoms with Gasteiger partial charge in [-0.05, 0) is 31.9 Å². The molecule has 22 heavy (non-hydrogen) atoms. The third-order valence-electron chi connectivity index (χ3n) is 3.98. The molecule has 5 nitrogen and oxygen atoms in total. The number of hydrogen-bond donors (Lipinski definition) is 1. The lowest BCUT2D eigenvalue weighted by atomic mass is 10.2. The predicted octanol–water partition coefficient (Wildman–Crippen LogP) is 2.18. The van der Waals surface area contributed by atoms with Crippen LogP contribution in [0, 0.1) is 6.92 Å². The molecule has 5 heteroatoms. The predicted molar refractivity (Wildman–Crippen MR) is 85.9 cm³/mol. The summed E-state index contributed by atoms with van der Waals surface area (Å²) in [5.74, 6) is -0.160. The number of nitrogens with zero attached hydrogens (tertiary/aromatic N) is 3. The largest absolute Gasteiger partial charge is 0.367 e. The lowest BCUT2D eigenvalue weighted by molar-refractivity contribution is 0.0946. The van der Waals surface area contributed by atoms with Gasteiger partial charge in [-0.25, -0.2) is 4.98 Å². The minimum Gasteiger partial charge on any atom is -0.367 e. The van der Waals surface area contributed by atoms with Crippen LogP contribution in [0.2, 0.25) is 0 Å². The zero-order valence-electron chi connectivity index (χ0n) is 12.7. The van der Waals surface area contributed by atoms with Gasteiger partial charge in [0.1, 0.15) is 5.69 Å². The number of hydrogen-bond acceptors (Lipinski definition) is 4. The number of carbonyl (C=O) groups is 1. The SMILES string of the molecule is Cc1cnc(C(=O)NC[C@H]2CCCN2c2ccccc2)cn1. The first kappa shape index (κ1) is 14.5. The fourth-order valence-corrected chi connectivity index (χ4v) is 2.82. The second-order valence-corrected chi connectivity index (χ2v) is 5.58. The quantitative estimate of drug-likeness (QED) is 0.939. The first-order chi connectivity index (χ1) is 10.7. The molecule has 1 N–H and O–H groups in total. The Balaban J connectivity index is 1.61. The van der Waals surface area contributed by atoms with Crippen molar-refractivity contribution in [1.29, 1.82) is 0 Å². The van der Waals surface area contributed by atoms with Crippen molar-refractivity contribution < 1.29 is 4.79 Å². The van der Waals surface area contributed by atoms with Crippen molar-refractivity contribution in [2.45, 2.75) is 25.8 Å². The summed E-state index contributed by atoms with van der Waals surface area (Å²) >= 11 is 0. The molecule has 1 aliphatic rings. The summed E-state index contributed by atoms with van der Waals surface area (Å²) in [5, 5.41) is 2.98. The molecule has 0 saturated carbocycles. The van der Waals surface area contributed by atoms with Crippen LogP contribution in [0.15, 0.2) is 42.7 Å². The van der Waals surface area contributed by atoms with Crippen molar-refractivity contribution in [2.75, 3.05) is 18.0 Å². The first-order valence-corrected chi connectivity index (χ1v) is 7.62. The summed E-state index contributed by atoms with van der Waals surface area (Å²) in [4.78, 5) is 22.7. The molecule has 1 amide bonds. The van der Waals surface area contributed by atoms with Crippen LogP contribution in [0.1, 0.15) is 29.0 Å². The summed E-state index contributed by atoms with van der Waals surface area (Å²) < 4.78 is 0. The molecular weight excluding hydrogens is 276 g/mol. The van der Waals surface area contributed by atoms with Crippen molar-refractivity contribution in [3.05, 3.63) is 54.1 Å². The zero-order valence-corrected chi connectivity index (χ0v) is 12.7. The van der Waals surface area contributed by atoms with E-state index < -0.39 is 0 Å². The van der Waals surface area contributed by atoms with E-state index in [1.807, 2.05) is 25.1 Å². The Morgan fingerprint density at radius 2 is 2.09 bits per heavy atom. The van der Waals surface area contributed by atoms with Gasteiger partial charge in [-0.2, -0.15) is 0 Å². The Hall–Kier alpha value is -2.43. The lowest BCUT2D eigenvalue weighted by Gasteiger charge is -2.27. The molecule has 3 rings (SSSR count). The Kier molecular flexibility index (Phi) is 4.32. The molecule has 0 bridgehead atoms. The number of aryl methyl sites for hydroxylation is 1. The molecule has 0 aliphatic carbocycles. The van der Waals surface area contributed by atoms with Crippen molar-refractivity contribution in [1.82, 2.24) is 15.3 Å². The fraction of sp³-hybridized carbons (Fsp3) is 0.353. The zero-order chi connectivity index (χ0) is 15.4. The van der Waals surface area contributed by atoms with Crippen molar-refractivity contribution in [2.24, 2.45) is 0 Å². The molecule has 0 radical (unpaired) electrons. The molecule has 2 heterocycles. The molecule has 0 unspecified atom stereocenters. The fourth-order valence-electron chi connectivity index (χ4n) is 2.82. The molecule has 1 atom stereocenters. The summed E-state index contributed by atoms with van der Waals surface area (Å²) in [6.45, 7) is 3.52. The molecule has 1 aromatic heterocycles. The van der Waals surface area contributed by atoms with Crippen LogP contribution in [-0.2, 0) is 0 Å². The minimum atomic E-state index is -0.160. The third-order valence-corrected chi connectivity index (χ3v) is 3.98. The summed E-state index contributed by atoms with van der Waals surface area (Å²) in [7, 11) is 0. The number of para-hydroxylation sites is 1. The van der Waals surface area contributed by atoms with E-state index in [9.17, 15) is 4.79 Å². The van der Waals surface area contributed by atoms with Gasteiger partial charge in [0.15, 0.2) is 0 Å². The standard InChI is InChI=1S/C17H20N4O/c1-13-10-19-16(12-18-13)17(22)20-11-15-8-5-9-21(15)14-6-3-2-4-7-14/h2-4,6-7,10,12,15H,5,8-9,11H2,1H3,(H,20,22)/t15-/m1/s1. The lowest BCUT2D eigenvalue weighted by Crippen LogP contribution is -2.40. The summed E-state index contributed by atoms with van der Waals surface area (Å²) in [6.07, 6.45) is 5.38. The maximum Gasteiger partial charge on any atom is 0.271 e.